The van der Waals surface area contributed by atoms with Crippen LogP contribution in [0.5, 0.6) is 5.75 Å². The fraction of sp³-hybridized carbons (Fsp3) is 0.235. The molecule has 1 amide bonds. The zero-order valence-electron chi connectivity index (χ0n) is 12.1. The van der Waals surface area contributed by atoms with Gasteiger partial charge in [-0.05, 0) is 30.7 Å². The Kier molecular flexibility index (Phi) is 4.86. The maximum atomic E-state index is 12.3. The number of amides is 1. The Morgan fingerprint density at radius 2 is 1.81 bits per heavy atom. The molecule has 4 heteroatoms. The summed E-state index contributed by atoms with van der Waals surface area (Å²) in [6, 6.07) is 14.3. The van der Waals surface area contributed by atoms with Crippen LogP contribution < -0.4 is 0 Å². The van der Waals surface area contributed by atoms with E-state index in [1.807, 2.05) is 37.3 Å². The molecule has 0 radical (unpaired) electrons. The van der Waals surface area contributed by atoms with Crippen LogP contribution in [-0.2, 0) is 11.2 Å². The second-order valence-electron chi connectivity index (χ2n) is 5.04. The molecule has 0 aliphatic rings. The maximum absolute atomic E-state index is 12.3. The van der Waals surface area contributed by atoms with Crippen molar-refractivity contribution in [1.82, 2.24) is 4.90 Å². The van der Waals surface area contributed by atoms with Crippen LogP contribution in [0.4, 0.5) is 0 Å². The van der Waals surface area contributed by atoms with Gasteiger partial charge in [-0.1, -0.05) is 41.9 Å². The predicted molar refractivity (Wildman–Crippen MR) is 84.4 cm³/mol. The molecule has 0 aromatic heterocycles. The highest BCUT2D eigenvalue weighted by Gasteiger charge is 2.18. The molecule has 0 aliphatic heterocycles. The van der Waals surface area contributed by atoms with Gasteiger partial charge in [0.15, 0.2) is 0 Å². The first-order valence-corrected chi connectivity index (χ1v) is 7.15. The van der Waals surface area contributed by atoms with Crippen LogP contribution in [-0.4, -0.2) is 23.0 Å². The van der Waals surface area contributed by atoms with Gasteiger partial charge in [-0.2, -0.15) is 0 Å². The van der Waals surface area contributed by atoms with Crippen molar-refractivity contribution in [1.29, 1.82) is 0 Å². The van der Waals surface area contributed by atoms with E-state index in [1.165, 1.54) is 0 Å². The van der Waals surface area contributed by atoms with E-state index in [4.69, 9.17) is 11.6 Å². The van der Waals surface area contributed by atoms with Crippen LogP contribution >= 0.6 is 11.6 Å². The first-order chi connectivity index (χ1) is 9.99. The van der Waals surface area contributed by atoms with E-state index in [1.54, 1.807) is 30.1 Å². The Bertz CT molecular complexity index is 625. The van der Waals surface area contributed by atoms with Crippen molar-refractivity contribution in [2.45, 2.75) is 19.4 Å². The van der Waals surface area contributed by atoms with Crippen LogP contribution in [0.15, 0.2) is 48.5 Å². The molecule has 3 nitrogen and oxygen atoms in total. The van der Waals surface area contributed by atoms with Gasteiger partial charge >= 0.3 is 0 Å². The van der Waals surface area contributed by atoms with Crippen LogP contribution in [0.2, 0.25) is 5.02 Å². The summed E-state index contributed by atoms with van der Waals surface area (Å²) in [5.41, 5.74) is 1.66. The van der Waals surface area contributed by atoms with Gasteiger partial charge < -0.3 is 10.0 Å². The van der Waals surface area contributed by atoms with Crippen LogP contribution in [0, 0.1) is 0 Å². The Morgan fingerprint density at radius 3 is 2.43 bits per heavy atom. The first kappa shape index (κ1) is 15.4. The molecule has 1 atom stereocenters. The SMILES string of the molecule is C[C@H](c1ccc(Cl)cc1)N(C)C(=O)Cc1ccccc1O. The third-order valence-corrected chi connectivity index (χ3v) is 3.91. The normalized spacial score (nSPS) is 12.0. The smallest absolute Gasteiger partial charge is 0.227 e. The summed E-state index contributed by atoms with van der Waals surface area (Å²) < 4.78 is 0. The van der Waals surface area contributed by atoms with E-state index >= 15 is 0 Å². The number of carbonyl (C=O) groups is 1. The number of phenolic OH excluding ortho intramolecular Hbond substituents is 1. The number of benzene rings is 2. The topological polar surface area (TPSA) is 40.5 Å². The zero-order valence-corrected chi connectivity index (χ0v) is 12.8. The molecule has 2 rings (SSSR count). The number of carbonyl (C=O) groups excluding carboxylic acids is 1. The van der Waals surface area contributed by atoms with Crippen LogP contribution in [0.1, 0.15) is 24.1 Å². The molecule has 21 heavy (non-hydrogen) atoms. The Balaban J connectivity index is 2.08. The number of phenols is 1. The summed E-state index contributed by atoms with van der Waals surface area (Å²) in [6.45, 7) is 1.96. The van der Waals surface area contributed by atoms with E-state index in [0.29, 0.717) is 10.6 Å². The fourth-order valence-electron chi connectivity index (χ4n) is 2.13. The lowest BCUT2D eigenvalue weighted by Gasteiger charge is -2.25. The summed E-state index contributed by atoms with van der Waals surface area (Å²) in [7, 11) is 1.77. The molecule has 110 valence electrons. The summed E-state index contributed by atoms with van der Waals surface area (Å²) in [5, 5.41) is 10.4. The summed E-state index contributed by atoms with van der Waals surface area (Å²) in [6.07, 6.45) is 0.182. The molecule has 0 fully saturated rings. The highest BCUT2D eigenvalue weighted by Crippen LogP contribution is 2.23. The summed E-state index contributed by atoms with van der Waals surface area (Å²) >= 11 is 5.87. The summed E-state index contributed by atoms with van der Waals surface area (Å²) in [5.74, 6) is 0.109. The van der Waals surface area contributed by atoms with E-state index in [2.05, 4.69) is 0 Å². The van der Waals surface area contributed by atoms with E-state index < -0.39 is 0 Å². The lowest BCUT2D eigenvalue weighted by atomic mass is 10.1. The molecule has 0 saturated heterocycles. The van der Waals surface area contributed by atoms with Crippen molar-refractivity contribution >= 4 is 17.5 Å². The minimum absolute atomic E-state index is 0.0426. The molecule has 2 aromatic rings. The average Bonchev–Trinajstić information content (AvgIpc) is 2.49. The number of likely N-dealkylation sites (N-methyl/N-ethyl adjacent to an activating group) is 1. The summed E-state index contributed by atoms with van der Waals surface area (Å²) in [4.78, 5) is 14.0. The zero-order chi connectivity index (χ0) is 15.4. The van der Waals surface area contributed by atoms with Crippen molar-refractivity contribution in [2.24, 2.45) is 0 Å². The molecule has 0 heterocycles. The van der Waals surface area contributed by atoms with Gasteiger partial charge in [-0.25, -0.2) is 0 Å². The minimum atomic E-state index is -0.0550. The third-order valence-electron chi connectivity index (χ3n) is 3.66. The fourth-order valence-corrected chi connectivity index (χ4v) is 2.25. The quantitative estimate of drug-likeness (QED) is 0.933. The van der Waals surface area contributed by atoms with E-state index in [9.17, 15) is 9.90 Å². The Hall–Kier alpha value is -2.00. The molecule has 1 N–H and O–H groups in total. The van der Waals surface area contributed by atoms with E-state index in [-0.39, 0.29) is 24.1 Å². The number of hydrogen-bond donors (Lipinski definition) is 1. The number of hydrogen-bond acceptors (Lipinski definition) is 2. The third kappa shape index (κ3) is 3.76. The predicted octanol–water partition coefficient (Wildman–Crippen LogP) is 3.81. The number of aromatic hydroxyl groups is 1. The van der Waals surface area contributed by atoms with Gasteiger partial charge in [0.05, 0.1) is 12.5 Å². The number of para-hydroxylation sites is 1. The number of halogens is 1. The first-order valence-electron chi connectivity index (χ1n) is 6.77. The largest absolute Gasteiger partial charge is 0.508 e. The minimum Gasteiger partial charge on any atom is -0.508 e. The Labute approximate surface area is 129 Å². The maximum Gasteiger partial charge on any atom is 0.227 e. The van der Waals surface area contributed by atoms with Gasteiger partial charge in [0.2, 0.25) is 5.91 Å². The highest BCUT2D eigenvalue weighted by atomic mass is 35.5. The van der Waals surface area contributed by atoms with Gasteiger partial charge in [-0.3, -0.25) is 4.79 Å². The van der Waals surface area contributed by atoms with Crippen molar-refractivity contribution < 1.29 is 9.90 Å². The van der Waals surface area contributed by atoms with E-state index in [0.717, 1.165) is 5.56 Å². The van der Waals surface area contributed by atoms with Crippen molar-refractivity contribution in [3.63, 3.8) is 0 Å². The molecule has 0 spiro atoms. The standard InChI is InChI=1S/C17H18ClNO2/c1-12(13-7-9-15(18)10-8-13)19(2)17(21)11-14-5-3-4-6-16(14)20/h3-10,12,20H,11H2,1-2H3/t12-/m1/s1. The van der Waals surface area contributed by atoms with Crippen LogP contribution in [0.3, 0.4) is 0 Å². The lowest BCUT2D eigenvalue weighted by Crippen LogP contribution is -2.30. The molecular weight excluding hydrogens is 286 g/mol. The molecule has 0 bridgehead atoms. The number of rotatable bonds is 4. The van der Waals surface area contributed by atoms with Gasteiger partial charge in [0, 0.05) is 17.6 Å². The van der Waals surface area contributed by atoms with Gasteiger partial charge in [-0.15, -0.1) is 0 Å². The van der Waals surface area contributed by atoms with Gasteiger partial charge in [0.25, 0.3) is 0 Å². The van der Waals surface area contributed by atoms with Crippen molar-refractivity contribution in [3.05, 3.63) is 64.7 Å². The van der Waals surface area contributed by atoms with Crippen molar-refractivity contribution in [2.75, 3.05) is 7.05 Å². The number of nitrogens with zero attached hydrogens (tertiary/aromatic N) is 1. The second kappa shape index (κ2) is 6.64. The highest BCUT2D eigenvalue weighted by molar-refractivity contribution is 6.30. The molecule has 0 saturated carbocycles. The van der Waals surface area contributed by atoms with Gasteiger partial charge in [0.1, 0.15) is 5.75 Å². The average molecular weight is 304 g/mol. The van der Waals surface area contributed by atoms with Crippen molar-refractivity contribution in [3.8, 4) is 5.75 Å². The van der Waals surface area contributed by atoms with Crippen LogP contribution in [0.25, 0.3) is 0 Å². The second-order valence-corrected chi connectivity index (χ2v) is 5.47. The molecule has 0 unspecified atom stereocenters. The molecular formula is C17H18ClNO2. The molecule has 0 aliphatic carbocycles. The monoisotopic (exact) mass is 303 g/mol. The Morgan fingerprint density at radius 1 is 1.19 bits per heavy atom. The molecule has 2 aromatic carbocycles. The lowest BCUT2D eigenvalue weighted by molar-refractivity contribution is -0.131.